The van der Waals surface area contributed by atoms with Gasteiger partial charge in [-0.25, -0.2) is 4.39 Å². The monoisotopic (exact) mass is 295 g/mol. The number of hydrogen-bond acceptors (Lipinski definition) is 3. The van der Waals surface area contributed by atoms with Crippen LogP contribution in [-0.4, -0.2) is 44.2 Å². The van der Waals surface area contributed by atoms with Crippen LogP contribution in [0.15, 0.2) is 18.2 Å². The third-order valence-electron chi connectivity index (χ3n) is 4.01. The first-order chi connectivity index (χ1) is 10.2. The van der Waals surface area contributed by atoms with Crippen LogP contribution in [0.4, 0.5) is 10.1 Å². The van der Waals surface area contributed by atoms with Crippen LogP contribution in [0.1, 0.15) is 32.8 Å². The largest absolute Gasteiger partial charge is 0.371 e. The Labute approximate surface area is 128 Å². The SMILES string of the molecule is CCN(CC)CCCN(CC)c1cccc(F)c1CCN. The maximum atomic E-state index is 14.0. The average molecular weight is 295 g/mol. The Bertz CT molecular complexity index is 405. The number of nitrogens with zero attached hydrogens (tertiary/aromatic N) is 2. The van der Waals surface area contributed by atoms with E-state index in [1.807, 2.05) is 6.07 Å². The second kappa shape index (κ2) is 9.74. The third-order valence-corrected chi connectivity index (χ3v) is 4.01. The average Bonchev–Trinajstić information content (AvgIpc) is 2.50. The fourth-order valence-corrected chi connectivity index (χ4v) is 2.71. The molecule has 120 valence electrons. The van der Waals surface area contributed by atoms with Crippen molar-refractivity contribution in [3.05, 3.63) is 29.6 Å². The second-order valence-electron chi connectivity index (χ2n) is 5.24. The third kappa shape index (κ3) is 5.29. The fourth-order valence-electron chi connectivity index (χ4n) is 2.71. The van der Waals surface area contributed by atoms with Crippen LogP contribution in [0.3, 0.4) is 0 Å². The lowest BCUT2D eigenvalue weighted by atomic mass is 10.1. The molecule has 0 aromatic heterocycles. The summed E-state index contributed by atoms with van der Waals surface area (Å²) >= 11 is 0. The van der Waals surface area contributed by atoms with Crippen molar-refractivity contribution in [1.29, 1.82) is 0 Å². The van der Waals surface area contributed by atoms with E-state index >= 15 is 0 Å². The number of rotatable bonds is 10. The number of anilines is 1. The molecule has 0 atom stereocenters. The van der Waals surface area contributed by atoms with Crippen molar-refractivity contribution in [2.45, 2.75) is 33.6 Å². The minimum absolute atomic E-state index is 0.139. The number of hydrogen-bond donors (Lipinski definition) is 1. The molecule has 21 heavy (non-hydrogen) atoms. The first kappa shape index (κ1) is 17.9. The second-order valence-corrected chi connectivity index (χ2v) is 5.24. The quantitative estimate of drug-likeness (QED) is 0.720. The van der Waals surface area contributed by atoms with Gasteiger partial charge in [0.25, 0.3) is 0 Å². The van der Waals surface area contributed by atoms with Crippen molar-refractivity contribution < 1.29 is 4.39 Å². The smallest absolute Gasteiger partial charge is 0.128 e. The molecule has 0 spiro atoms. The van der Waals surface area contributed by atoms with Crippen molar-refractivity contribution in [2.75, 3.05) is 44.2 Å². The summed E-state index contributed by atoms with van der Waals surface area (Å²) in [5.41, 5.74) is 7.38. The molecule has 1 rings (SSSR count). The van der Waals surface area contributed by atoms with Crippen molar-refractivity contribution in [2.24, 2.45) is 5.73 Å². The standard InChI is InChI=1S/C17H30FN3/c1-4-20(5-2)13-8-14-21(6-3)17-10-7-9-16(18)15(17)11-12-19/h7,9-10H,4-6,8,11-14,19H2,1-3H3. The van der Waals surface area contributed by atoms with Gasteiger partial charge in [0.1, 0.15) is 5.82 Å². The molecule has 0 radical (unpaired) electrons. The molecule has 0 amide bonds. The number of nitrogens with two attached hydrogens (primary N) is 1. The van der Waals surface area contributed by atoms with E-state index in [4.69, 9.17) is 5.73 Å². The highest BCUT2D eigenvalue weighted by molar-refractivity contribution is 5.54. The topological polar surface area (TPSA) is 32.5 Å². The number of benzene rings is 1. The Kier molecular flexibility index (Phi) is 8.31. The molecule has 0 aliphatic heterocycles. The van der Waals surface area contributed by atoms with Crippen LogP contribution < -0.4 is 10.6 Å². The summed E-state index contributed by atoms with van der Waals surface area (Å²) in [7, 11) is 0. The minimum atomic E-state index is -0.139. The first-order valence-electron chi connectivity index (χ1n) is 8.12. The molecule has 4 heteroatoms. The van der Waals surface area contributed by atoms with Gasteiger partial charge < -0.3 is 15.5 Å². The van der Waals surface area contributed by atoms with E-state index in [2.05, 4.69) is 30.6 Å². The first-order valence-corrected chi connectivity index (χ1v) is 8.12. The molecule has 0 saturated carbocycles. The molecule has 0 heterocycles. The van der Waals surface area contributed by atoms with Gasteiger partial charge in [0.05, 0.1) is 0 Å². The maximum Gasteiger partial charge on any atom is 0.128 e. The highest BCUT2D eigenvalue weighted by atomic mass is 19.1. The van der Waals surface area contributed by atoms with Gasteiger partial charge in [-0.2, -0.15) is 0 Å². The molecular formula is C17H30FN3. The summed E-state index contributed by atoms with van der Waals surface area (Å²) < 4.78 is 14.0. The van der Waals surface area contributed by atoms with Crippen molar-refractivity contribution >= 4 is 5.69 Å². The van der Waals surface area contributed by atoms with E-state index in [-0.39, 0.29) is 5.82 Å². The predicted octanol–water partition coefficient (Wildman–Crippen LogP) is 2.89. The molecule has 1 aromatic rings. The molecular weight excluding hydrogens is 265 g/mol. The predicted molar refractivity (Wildman–Crippen MR) is 89.5 cm³/mol. The molecule has 1 aromatic carbocycles. The van der Waals surface area contributed by atoms with Crippen LogP contribution >= 0.6 is 0 Å². The van der Waals surface area contributed by atoms with Crippen molar-refractivity contribution in [3.63, 3.8) is 0 Å². The zero-order valence-corrected chi connectivity index (χ0v) is 13.7. The Hall–Kier alpha value is -1.13. The van der Waals surface area contributed by atoms with Gasteiger partial charge in [-0.05, 0) is 58.1 Å². The molecule has 2 N–H and O–H groups in total. The number of halogens is 1. The Morgan fingerprint density at radius 3 is 2.33 bits per heavy atom. The summed E-state index contributed by atoms with van der Waals surface area (Å²) in [6, 6.07) is 5.32. The lowest BCUT2D eigenvalue weighted by molar-refractivity contribution is 0.300. The summed E-state index contributed by atoms with van der Waals surface area (Å²) in [4.78, 5) is 4.68. The van der Waals surface area contributed by atoms with Crippen molar-refractivity contribution in [1.82, 2.24) is 4.90 Å². The molecule has 3 nitrogen and oxygen atoms in total. The van der Waals surface area contributed by atoms with Crippen molar-refractivity contribution in [3.8, 4) is 0 Å². The van der Waals surface area contributed by atoms with Gasteiger partial charge >= 0.3 is 0 Å². The zero-order valence-electron chi connectivity index (χ0n) is 13.7. The van der Waals surface area contributed by atoms with E-state index in [1.165, 1.54) is 6.07 Å². The van der Waals surface area contributed by atoms with Crippen LogP contribution in [0.2, 0.25) is 0 Å². The Morgan fingerprint density at radius 2 is 1.76 bits per heavy atom. The van der Waals surface area contributed by atoms with Crippen LogP contribution in [0.25, 0.3) is 0 Å². The lowest BCUT2D eigenvalue weighted by Crippen LogP contribution is -2.30. The minimum Gasteiger partial charge on any atom is -0.371 e. The summed E-state index contributed by atoms with van der Waals surface area (Å²) in [5.74, 6) is -0.139. The van der Waals surface area contributed by atoms with Crippen LogP contribution in [-0.2, 0) is 6.42 Å². The lowest BCUT2D eigenvalue weighted by Gasteiger charge is -2.27. The zero-order chi connectivity index (χ0) is 15.7. The molecule has 0 bridgehead atoms. The van der Waals surface area contributed by atoms with E-state index < -0.39 is 0 Å². The van der Waals surface area contributed by atoms with E-state index in [0.29, 0.717) is 13.0 Å². The van der Waals surface area contributed by atoms with Gasteiger partial charge in [-0.1, -0.05) is 19.9 Å². The molecule has 0 unspecified atom stereocenters. The normalized spacial score (nSPS) is 11.1. The van der Waals surface area contributed by atoms with E-state index in [0.717, 1.165) is 50.4 Å². The highest BCUT2D eigenvalue weighted by Gasteiger charge is 2.13. The van der Waals surface area contributed by atoms with Gasteiger partial charge in [0, 0.05) is 24.3 Å². The van der Waals surface area contributed by atoms with E-state index in [9.17, 15) is 4.39 Å². The van der Waals surface area contributed by atoms with E-state index in [1.54, 1.807) is 6.07 Å². The van der Waals surface area contributed by atoms with Gasteiger partial charge in [0.15, 0.2) is 0 Å². The van der Waals surface area contributed by atoms with Gasteiger partial charge in [-0.15, -0.1) is 0 Å². The highest BCUT2D eigenvalue weighted by Crippen LogP contribution is 2.23. The molecule has 0 aliphatic carbocycles. The van der Waals surface area contributed by atoms with Gasteiger partial charge in [0.2, 0.25) is 0 Å². The summed E-state index contributed by atoms with van der Waals surface area (Å²) in [6.45, 7) is 12.1. The Morgan fingerprint density at radius 1 is 1.05 bits per heavy atom. The fraction of sp³-hybridized carbons (Fsp3) is 0.647. The maximum absolute atomic E-state index is 14.0. The molecule has 0 aliphatic rings. The van der Waals surface area contributed by atoms with Gasteiger partial charge in [-0.3, -0.25) is 0 Å². The Balaban J connectivity index is 2.73. The summed E-state index contributed by atoms with van der Waals surface area (Å²) in [5, 5.41) is 0. The van der Waals surface area contributed by atoms with Crippen LogP contribution in [0.5, 0.6) is 0 Å². The molecule has 0 saturated heterocycles. The summed E-state index contributed by atoms with van der Waals surface area (Å²) in [6.07, 6.45) is 1.68. The van der Waals surface area contributed by atoms with Crippen LogP contribution in [0, 0.1) is 5.82 Å². The molecule has 0 fully saturated rings.